The minimum absolute atomic E-state index is 0.0718. The van der Waals surface area contributed by atoms with Crippen LogP contribution in [0.25, 0.3) is 0 Å². The Labute approximate surface area is 134 Å². The first kappa shape index (κ1) is 15.5. The number of urea groups is 1. The van der Waals surface area contributed by atoms with Crippen LogP contribution in [0.5, 0.6) is 0 Å². The highest BCUT2D eigenvalue weighted by Gasteiger charge is 2.31. The van der Waals surface area contributed by atoms with Crippen molar-refractivity contribution >= 4 is 12.0 Å². The Morgan fingerprint density at radius 2 is 2.30 bits per heavy atom. The molecule has 3 heterocycles. The molecule has 8 heteroatoms. The molecule has 0 bridgehead atoms. The van der Waals surface area contributed by atoms with Crippen molar-refractivity contribution in [1.29, 1.82) is 0 Å². The van der Waals surface area contributed by atoms with Crippen LogP contribution in [0.3, 0.4) is 0 Å². The van der Waals surface area contributed by atoms with Gasteiger partial charge >= 0.3 is 12.0 Å². The standard InChI is InChI=1S/C15H22N6O2/c1-4-20-7-8-21(9-12(20)13-16-5-6-17-13)15(22)19-14-18-10(2)11(3)23-14/h5-6,12H,4,7-9H2,1-3H3,(H,16,17)(H,18,19,22)/t12-/m0/s1. The molecular formula is C15H22N6O2. The average molecular weight is 318 g/mol. The summed E-state index contributed by atoms with van der Waals surface area (Å²) in [6, 6.07) is 0.124. The van der Waals surface area contributed by atoms with Crippen LogP contribution in [0.2, 0.25) is 0 Å². The number of aromatic amines is 1. The second kappa shape index (κ2) is 6.41. The molecule has 0 aliphatic carbocycles. The molecule has 1 atom stereocenters. The SMILES string of the molecule is CCN1CCN(C(=O)Nc2nc(C)c(C)o2)C[C@H]1c1ncc[nH]1. The van der Waals surface area contributed by atoms with E-state index in [1.807, 2.05) is 13.8 Å². The van der Waals surface area contributed by atoms with E-state index in [1.165, 1.54) is 0 Å². The third-order valence-corrected chi connectivity index (χ3v) is 4.26. The summed E-state index contributed by atoms with van der Waals surface area (Å²) in [5.74, 6) is 1.59. The molecule has 2 N–H and O–H groups in total. The van der Waals surface area contributed by atoms with Gasteiger partial charge in [0, 0.05) is 32.0 Å². The number of likely N-dealkylation sites (N-methyl/N-ethyl adjacent to an activating group) is 1. The fraction of sp³-hybridized carbons (Fsp3) is 0.533. The third-order valence-electron chi connectivity index (χ3n) is 4.26. The van der Waals surface area contributed by atoms with Gasteiger partial charge in [0.2, 0.25) is 0 Å². The molecule has 2 aromatic heterocycles. The first-order valence-corrected chi connectivity index (χ1v) is 7.81. The maximum atomic E-state index is 12.5. The minimum Gasteiger partial charge on any atom is -0.428 e. The molecule has 1 aliphatic rings. The van der Waals surface area contributed by atoms with Gasteiger partial charge in [-0.1, -0.05) is 6.92 Å². The number of oxazole rings is 1. The lowest BCUT2D eigenvalue weighted by molar-refractivity contribution is 0.0944. The van der Waals surface area contributed by atoms with E-state index >= 15 is 0 Å². The monoisotopic (exact) mass is 318 g/mol. The first-order chi connectivity index (χ1) is 11.1. The summed E-state index contributed by atoms with van der Waals surface area (Å²) >= 11 is 0. The summed E-state index contributed by atoms with van der Waals surface area (Å²) in [5, 5.41) is 2.73. The molecule has 23 heavy (non-hydrogen) atoms. The molecule has 0 spiro atoms. The van der Waals surface area contributed by atoms with Gasteiger partial charge in [0.05, 0.1) is 11.7 Å². The van der Waals surface area contributed by atoms with Gasteiger partial charge in [0.15, 0.2) is 0 Å². The Balaban J connectivity index is 1.69. The van der Waals surface area contributed by atoms with E-state index in [2.05, 4.69) is 32.1 Å². The number of carbonyl (C=O) groups is 1. The van der Waals surface area contributed by atoms with Crippen molar-refractivity contribution in [3.63, 3.8) is 0 Å². The van der Waals surface area contributed by atoms with Crippen molar-refractivity contribution in [2.24, 2.45) is 0 Å². The van der Waals surface area contributed by atoms with Gasteiger partial charge in [-0.15, -0.1) is 0 Å². The van der Waals surface area contributed by atoms with E-state index < -0.39 is 0 Å². The summed E-state index contributed by atoms with van der Waals surface area (Å²) in [4.78, 5) is 28.2. The predicted octanol–water partition coefficient (Wildman–Crippen LogP) is 1.93. The quantitative estimate of drug-likeness (QED) is 0.902. The number of piperazine rings is 1. The highest BCUT2D eigenvalue weighted by atomic mass is 16.4. The van der Waals surface area contributed by atoms with Crippen LogP contribution in [0, 0.1) is 13.8 Å². The smallest absolute Gasteiger partial charge is 0.325 e. The van der Waals surface area contributed by atoms with Crippen LogP contribution in [0.15, 0.2) is 16.8 Å². The van der Waals surface area contributed by atoms with Gasteiger partial charge in [-0.05, 0) is 20.4 Å². The highest BCUT2D eigenvalue weighted by molar-refractivity contribution is 5.87. The fourth-order valence-electron chi connectivity index (χ4n) is 2.80. The van der Waals surface area contributed by atoms with Gasteiger partial charge in [-0.3, -0.25) is 10.2 Å². The Morgan fingerprint density at radius 3 is 2.91 bits per heavy atom. The van der Waals surface area contributed by atoms with E-state index in [0.29, 0.717) is 18.8 Å². The largest absolute Gasteiger partial charge is 0.428 e. The summed E-state index contributed by atoms with van der Waals surface area (Å²) in [7, 11) is 0. The number of nitrogens with one attached hydrogen (secondary N) is 2. The van der Waals surface area contributed by atoms with E-state index in [-0.39, 0.29) is 18.1 Å². The van der Waals surface area contributed by atoms with E-state index in [1.54, 1.807) is 17.3 Å². The van der Waals surface area contributed by atoms with Crippen molar-refractivity contribution in [2.45, 2.75) is 26.8 Å². The predicted molar refractivity (Wildman–Crippen MR) is 85.1 cm³/mol. The summed E-state index contributed by atoms with van der Waals surface area (Å²) in [6.07, 6.45) is 3.54. The van der Waals surface area contributed by atoms with Gasteiger partial charge < -0.3 is 14.3 Å². The van der Waals surface area contributed by atoms with Crippen molar-refractivity contribution in [1.82, 2.24) is 24.8 Å². The zero-order chi connectivity index (χ0) is 16.4. The lowest BCUT2D eigenvalue weighted by atomic mass is 10.1. The Kier molecular flexibility index (Phi) is 4.33. The van der Waals surface area contributed by atoms with E-state index in [4.69, 9.17) is 4.42 Å². The van der Waals surface area contributed by atoms with Crippen LogP contribution in [0.1, 0.15) is 30.2 Å². The van der Waals surface area contributed by atoms with Gasteiger partial charge in [-0.25, -0.2) is 9.78 Å². The van der Waals surface area contributed by atoms with Gasteiger partial charge in [0.25, 0.3) is 0 Å². The van der Waals surface area contributed by atoms with Crippen LogP contribution >= 0.6 is 0 Å². The molecule has 3 rings (SSSR count). The summed E-state index contributed by atoms with van der Waals surface area (Å²) in [5.41, 5.74) is 0.782. The van der Waals surface area contributed by atoms with E-state index in [9.17, 15) is 4.79 Å². The van der Waals surface area contributed by atoms with Crippen molar-refractivity contribution in [2.75, 3.05) is 31.5 Å². The number of hydrogen-bond donors (Lipinski definition) is 2. The number of rotatable bonds is 3. The van der Waals surface area contributed by atoms with Crippen LogP contribution < -0.4 is 5.32 Å². The third kappa shape index (κ3) is 3.21. The highest BCUT2D eigenvalue weighted by Crippen LogP contribution is 2.23. The number of aromatic nitrogens is 3. The number of H-pyrrole nitrogens is 1. The molecule has 1 fully saturated rings. The zero-order valence-corrected chi connectivity index (χ0v) is 13.7. The van der Waals surface area contributed by atoms with Gasteiger partial charge in [0.1, 0.15) is 11.6 Å². The Morgan fingerprint density at radius 1 is 1.48 bits per heavy atom. The normalized spacial score (nSPS) is 19.1. The van der Waals surface area contributed by atoms with Crippen LogP contribution in [-0.4, -0.2) is 57.0 Å². The number of carbonyl (C=O) groups excluding carboxylic acids is 1. The van der Waals surface area contributed by atoms with Gasteiger partial charge in [-0.2, -0.15) is 4.98 Å². The lowest BCUT2D eigenvalue weighted by Crippen LogP contribution is -2.51. The molecule has 2 aromatic rings. The molecule has 1 saturated heterocycles. The van der Waals surface area contributed by atoms with Crippen molar-refractivity contribution in [3.05, 3.63) is 29.7 Å². The summed E-state index contributed by atoms with van der Waals surface area (Å²) in [6.45, 7) is 8.75. The fourth-order valence-corrected chi connectivity index (χ4v) is 2.80. The molecule has 1 aliphatic heterocycles. The number of anilines is 1. The molecule has 8 nitrogen and oxygen atoms in total. The molecular weight excluding hydrogens is 296 g/mol. The number of aryl methyl sites for hydroxylation is 2. The Hall–Kier alpha value is -2.35. The molecule has 2 amide bonds. The molecule has 0 radical (unpaired) electrons. The topological polar surface area (TPSA) is 90.3 Å². The maximum absolute atomic E-state index is 12.5. The lowest BCUT2D eigenvalue weighted by Gasteiger charge is -2.39. The zero-order valence-electron chi connectivity index (χ0n) is 13.7. The number of imidazole rings is 1. The Bertz CT molecular complexity index is 646. The van der Waals surface area contributed by atoms with E-state index in [0.717, 1.165) is 24.6 Å². The molecule has 0 aromatic carbocycles. The maximum Gasteiger partial charge on any atom is 0.325 e. The second-order valence-electron chi connectivity index (χ2n) is 5.66. The number of hydrogen-bond acceptors (Lipinski definition) is 5. The van der Waals surface area contributed by atoms with Crippen molar-refractivity contribution < 1.29 is 9.21 Å². The molecule has 0 saturated carbocycles. The van der Waals surface area contributed by atoms with Crippen molar-refractivity contribution in [3.8, 4) is 0 Å². The van der Waals surface area contributed by atoms with Crippen LogP contribution in [0.4, 0.5) is 10.8 Å². The summed E-state index contributed by atoms with van der Waals surface area (Å²) < 4.78 is 5.42. The molecule has 124 valence electrons. The first-order valence-electron chi connectivity index (χ1n) is 7.81. The minimum atomic E-state index is -0.196. The number of nitrogens with zero attached hydrogens (tertiary/aromatic N) is 4. The van der Waals surface area contributed by atoms with Crippen LogP contribution in [-0.2, 0) is 0 Å². The average Bonchev–Trinajstić information content (AvgIpc) is 3.17. The number of amides is 2. The molecule has 0 unspecified atom stereocenters. The second-order valence-corrected chi connectivity index (χ2v) is 5.66.